The summed E-state index contributed by atoms with van der Waals surface area (Å²) in [5.41, 5.74) is 3.47. The highest BCUT2D eigenvalue weighted by molar-refractivity contribution is 7.15. The third-order valence-electron chi connectivity index (χ3n) is 13.3. The molecule has 13 nitrogen and oxygen atoms in total. The molecule has 2 atom stereocenters. The van der Waals surface area contributed by atoms with Gasteiger partial charge in [0.15, 0.2) is 5.13 Å². The smallest absolute Gasteiger partial charge is 0.262 e. The van der Waals surface area contributed by atoms with E-state index in [-0.39, 0.29) is 18.7 Å². The van der Waals surface area contributed by atoms with E-state index in [9.17, 15) is 19.2 Å². The number of piperidine rings is 3. The largest absolute Gasteiger partial charge is 0.369 e. The molecule has 298 valence electrons. The maximum absolute atomic E-state index is 13.4. The zero-order valence-corrected chi connectivity index (χ0v) is 33.9. The number of anilines is 3. The van der Waals surface area contributed by atoms with Crippen LogP contribution in [-0.4, -0.2) is 120 Å². The Morgan fingerprint density at radius 1 is 0.895 bits per heavy atom. The maximum atomic E-state index is 13.4. The molecule has 1 aromatic heterocycles. The van der Waals surface area contributed by atoms with Gasteiger partial charge in [-0.2, -0.15) is 0 Å². The lowest BCUT2D eigenvalue weighted by Gasteiger charge is -2.43. The van der Waals surface area contributed by atoms with Crippen LogP contribution >= 0.6 is 22.9 Å². The highest BCUT2D eigenvalue weighted by Crippen LogP contribution is 2.46. The predicted molar refractivity (Wildman–Crippen MR) is 220 cm³/mol. The van der Waals surface area contributed by atoms with Gasteiger partial charge in [0.05, 0.1) is 17.7 Å². The number of benzene rings is 2. The molecule has 6 aliphatic rings. The molecule has 5 fully saturated rings. The molecular weight excluding hydrogens is 762 g/mol. The summed E-state index contributed by atoms with van der Waals surface area (Å²) in [5, 5.41) is 3.93. The van der Waals surface area contributed by atoms with Crippen LogP contribution in [0.5, 0.6) is 0 Å². The van der Waals surface area contributed by atoms with E-state index in [1.807, 2.05) is 35.6 Å². The quantitative estimate of drug-likeness (QED) is 0.245. The van der Waals surface area contributed by atoms with Crippen LogP contribution in [0.2, 0.25) is 5.02 Å². The third-order valence-corrected chi connectivity index (χ3v) is 14.7. The molecule has 1 spiro atoms. The summed E-state index contributed by atoms with van der Waals surface area (Å²) in [4.78, 5) is 73.8. The van der Waals surface area contributed by atoms with Gasteiger partial charge in [0.1, 0.15) is 6.04 Å². The molecule has 9 rings (SSSR count). The minimum absolute atomic E-state index is 0.104. The molecule has 0 radical (unpaired) electrons. The molecular formula is C42H48ClN9O4S. The van der Waals surface area contributed by atoms with Crippen molar-refractivity contribution in [2.45, 2.75) is 76.5 Å². The van der Waals surface area contributed by atoms with Crippen molar-refractivity contribution in [3.63, 3.8) is 0 Å². The van der Waals surface area contributed by atoms with Crippen LogP contribution in [0.15, 0.2) is 42.6 Å². The standard InChI is InChI=1S/C42H48ClN9O4S/c1-27-23-42(26-51(27)30-4-6-35(44-2)34(43)22-30)11-15-50(16-12-42)41-45-24-31(57-41)25-47-13-9-28(10-14-47)48-17-19-49(20-18-48)29-3-5-32-33(21-29)40(56)52(39(32)55)36-7-8-37(53)46-38(36)54/h3-6,21-22,24,27-28,36H,7-20,23,25-26H2,1H3,(H,46,53,54)/t27-,36?/m0/s1. The van der Waals surface area contributed by atoms with Crippen LogP contribution in [0, 0.1) is 12.0 Å². The van der Waals surface area contributed by atoms with E-state index >= 15 is 0 Å². The van der Waals surface area contributed by atoms with Crippen molar-refractivity contribution in [3.8, 4) is 0 Å². The summed E-state index contributed by atoms with van der Waals surface area (Å²) in [7, 11) is 0. The summed E-state index contributed by atoms with van der Waals surface area (Å²) in [6, 6.07) is 11.3. The lowest BCUT2D eigenvalue weighted by atomic mass is 9.77. The average Bonchev–Trinajstić information content (AvgIpc) is 3.89. The molecule has 0 bridgehead atoms. The summed E-state index contributed by atoms with van der Waals surface area (Å²) in [6.07, 6.45) is 8.08. The molecule has 2 aromatic carbocycles. The van der Waals surface area contributed by atoms with Gasteiger partial charge in [0.25, 0.3) is 11.8 Å². The van der Waals surface area contributed by atoms with Crippen molar-refractivity contribution in [3.05, 3.63) is 75.0 Å². The number of imide groups is 2. The van der Waals surface area contributed by atoms with E-state index in [2.05, 4.69) is 47.8 Å². The van der Waals surface area contributed by atoms with E-state index in [1.54, 1.807) is 12.1 Å². The van der Waals surface area contributed by atoms with E-state index in [1.165, 1.54) is 11.3 Å². The Labute approximate surface area is 342 Å². The monoisotopic (exact) mass is 809 g/mol. The van der Waals surface area contributed by atoms with Gasteiger partial charge in [-0.15, -0.1) is 11.3 Å². The molecule has 1 N–H and O–H groups in total. The van der Waals surface area contributed by atoms with Crippen molar-refractivity contribution in [1.29, 1.82) is 0 Å². The van der Waals surface area contributed by atoms with Crippen molar-refractivity contribution in [1.82, 2.24) is 25.0 Å². The minimum Gasteiger partial charge on any atom is -0.369 e. The number of nitrogens with zero attached hydrogens (tertiary/aromatic N) is 8. The number of rotatable bonds is 7. The summed E-state index contributed by atoms with van der Waals surface area (Å²) >= 11 is 8.24. The number of halogens is 1. The molecule has 5 saturated heterocycles. The molecule has 4 amide bonds. The molecule has 0 saturated carbocycles. The van der Waals surface area contributed by atoms with Gasteiger partial charge in [-0.3, -0.25) is 39.2 Å². The average molecular weight is 810 g/mol. The maximum Gasteiger partial charge on any atom is 0.262 e. The van der Waals surface area contributed by atoms with E-state index in [0.29, 0.717) is 39.3 Å². The fourth-order valence-corrected chi connectivity index (χ4v) is 11.4. The van der Waals surface area contributed by atoms with Crippen LogP contribution in [0.25, 0.3) is 4.85 Å². The number of piperazine rings is 1. The fraction of sp³-hybridized carbons (Fsp3) is 0.524. The van der Waals surface area contributed by atoms with Crippen molar-refractivity contribution >= 4 is 68.8 Å². The molecule has 6 aliphatic heterocycles. The van der Waals surface area contributed by atoms with Gasteiger partial charge in [0, 0.05) is 111 Å². The lowest BCUT2D eigenvalue weighted by molar-refractivity contribution is -0.136. The molecule has 57 heavy (non-hydrogen) atoms. The predicted octanol–water partition coefficient (Wildman–Crippen LogP) is 5.42. The Morgan fingerprint density at radius 2 is 1.63 bits per heavy atom. The molecule has 1 unspecified atom stereocenters. The number of aromatic nitrogens is 1. The third kappa shape index (κ3) is 7.28. The Bertz CT molecular complexity index is 2130. The Morgan fingerprint density at radius 3 is 2.35 bits per heavy atom. The van der Waals surface area contributed by atoms with E-state index in [4.69, 9.17) is 23.2 Å². The second-order valence-corrected chi connectivity index (χ2v) is 18.2. The second-order valence-electron chi connectivity index (χ2n) is 16.7. The Balaban J connectivity index is 0.726. The number of hydrogen-bond donors (Lipinski definition) is 1. The van der Waals surface area contributed by atoms with Crippen molar-refractivity contribution < 1.29 is 19.2 Å². The van der Waals surface area contributed by atoms with Crippen molar-refractivity contribution in [2.75, 3.05) is 73.6 Å². The number of carbonyl (C=O) groups is 4. The topological polar surface area (TPSA) is 117 Å². The van der Waals surface area contributed by atoms with Crippen LogP contribution in [0.3, 0.4) is 0 Å². The Kier molecular flexibility index (Phi) is 10.2. The second kappa shape index (κ2) is 15.3. The summed E-state index contributed by atoms with van der Waals surface area (Å²) < 4.78 is 0. The first kappa shape index (κ1) is 38.0. The van der Waals surface area contributed by atoms with E-state index in [0.717, 1.165) is 113 Å². The summed E-state index contributed by atoms with van der Waals surface area (Å²) in [5.74, 6) is -1.91. The van der Waals surface area contributed by atoms with Gasteiger partial charge in [-0.05, 0) is 81.2 Å². The molecule has 3 aromatic rings. The molecule has 0 aliphatic carbocycles. The number of likely N-dealkylation sites (tertiary alicyclic amines) is 1. The normalized spacial score (nSPS) is 24.7. The number of carbonyl (C=O) groups excluding carboxylic acids is 4. The first-order valence-electron chi connectivity index (χ1n) is 20.3. The van der Waals surface area contributed by atoms with Crippen LogP contribution in [0.4, 0.5) is 22.2 Å². The fourth-order valence-electron chi connectivity index (χ4n) is 10.1. The SMILES string of the molecule is [C-]#[N+]c1ccc(N2CC3(CCN(c4ncc(CN5CCC(N6CCN(c7ccc8c(c7)C(=O)N(C7CCC(=O)NC7=O)C8=O)CC6)CC5)s4)CC3)C[C@@H]2C)cc1Cl. The number of thiazole rings is 1. The first-order valence-corrected chi connectivity index (χ1v) is 21.5. The molecule has 7 heterocycles. The van der Waals surface area contributed by atoms with Gasteiger partial charge in [0.2, 0.25) is 17.5 Å². The van der Waals surface area contributed by atoms with Crippen LogP contribution < -0.4 is 20.0 Å². The minimum atomic E-state index is -0.958. The first-order chi connectivity index (χ1) is 27.6. The number of amides is 4. The highest BCUT2D eigenvalue weighted by Gasteiger charge is 2.46. The van der Waals surface area contributed by atoms with Crippen molar-refractivity contribution in [2.24, 2.45) is 5.41 Å². The van der Waals surface area contributed by atoms with Gasteiger partial charge in [-0.25, -0.2) is 9.83 Å². The summed E-state index contributed by atoms with van der Waals surface area (Å²) in [6.45, 7) is 19.3. The zero-order chi connectivity index (χ0) is 39.4. The highest BCUT2D eigenvalue weighted by atomic mass is 35.5. The van der Waals surface area contributed by atoms with E-state index < -0.39 is 23.8 Å². The number of hydrogen-bond acceptors (Lipinski definition) is 11. The van der Waals surface area contributed by atoms with Gasteiger partial charge < -0.3 is 14.7 Å². The molecule has 15 heteroatoms. The Hall–Kier alpha value is -4.55. The van der Waals surface area contributed by atoms with Gasteiger partial charge in [-0.1, -0.05) is 17.7 Å². The zero-order valence-electron chi connectivity index (χ0n) is 32.3. The number of nitrogens with one attached hydrogen (secondary N) is 1. The van der Waals surface area contributed by atoms with Crippen LogP contribution in [-0.2, 0) is 16.1 Å². The number of fused-ring (bicyclic) bond motifs is 1. The lowest BCUT2D eigenvalue weighted by Crippen LogP contribution is -2.54. The van der Waals surface area contributed by atoms with Gasteiger partial charge >= 0.3 is 0 Å². The van der Waals surface area contributed by atoms with Crippen LogP contribution in [0.1, 0.15) is 77.5 Å².